The van der Waals surface area contributed by atoms with Gasteiger partial charge in [0.1, 0.15) is 0 Å². The van der Waals surface area contributed by atoms with Crippen LogP contribution < -0.4 is 10.6 Å². The lowest BCUT2D eigenvalue weighted by Gasteiger charge is -2.14. The van der Waals surface area contributed by atoms with Gasteiger partial charge in [-0.05, 0) is 53.2 Å². The minimum atomic E-state index is -0.192. The van der Waals surface area contributed by atoms with Crippen LogP contribution in [0, 0.1) is 0 Å². The second-order valence-corrected chi connectivity index (χ2v) is 5.57. The Labute approximate surface area is 132 Å². The predicted octanol–water partition coefficient (Wildman–Crippen LogP) is 2.66. The Morgan fingerprint density at radius 1 is 1.43 bits per heavy atom. The van der Waals surface area contributed by atoms with E-state index in [1.807, 2.05) is 6.07 Å². The molecule has 2 aromatic rings. The molecule has 21 heavy (non-hydrogen) atoms. The fourth-order valence-electron chi connectivity index (χ4n) is 2.11. The van der Waals surface area contributed by atoms with Crippen molar-refractivity contribution in [2.75, 3.05) is 13.6 Å². The summed E-state index contributed by atoms with van der Waals surface area (Å²) in [5.74, 6) is -0.192. The van der Waals surface area contributed by atoms with E-state index >= 15 is 0 Å². The van der Waals surface area contributed by atoms with Gasteiger partial charge < -0.3 is 10.6 Å². The van der Waals surface area contributed by atoms with E-state index in [1.54, 1.807) is 24.0 Å². The van der Waals surface area contributed by atoms with Crippen LogP contribution in [0.3, 0.4) is 0 Å². The third kappa shape index (κ3) is 3.51. The average Bonchev–Trinajstić information content (AvgIpc) is 2.96. The lowest BCUT2D eigenvalue weighted by molar-refractivity contribution is 0.0957. The third-order valence-corrected chi connectivity index (χ3v) is 3.91. The van der Waals surface area contributed by atoms with Crippen LogP contribution in [0.1, 0.15) is 35.9 Å². The lowest BCUT2D eigenvalue weighted by atomic mass is 10.1. The molecule has 1 heterocycles. The highest BCUT2D eigenvalue weighted by Gasteiger charge is 2.11. The van der Waals surface area contributed by atoms with E-state index in [9.17, 15) is 4.79 Å². The van der Waals surface area contributed by atoms with Gasteiger partial charge in [0.2, 0.25) is 0 Å². The lowest BCUT2D eigenvalue weighted by Crippen LogP contribution is -2.18. The van der Waals surface area contributed by atoms with Crippen molar-refractivity contribution < 1.29 is 4.79 Å². The van der Waals surface area contributed by atoms with Crippen molar-refractivity contribution in [3.63, 3.8) is 0 Å². The summed E-state index contributed by atoms with van der Waals surface area (Å²) in [6.45, 7) is 5.14. The molecule has 2 rings (SSSR count). The van der Waals surface area contributed by atoms with E-state index in [0.717, 1.165) is 16.7 Å². The second-order valence-electron chi connectivity index (χ2n) is 4.71. The standard InChI is InChI=1S/C15H19BrN4O/c1-4-18-10(2)11-5-6-14(12(16)9-11)20-8-7-13(19-20)15(21)17-3/h5-10,18H,4H2,1-3H3,(H,17,21). The normalized spacial score (nSPS) is 12.2. The molecular weight excluding hydrogens is 332 g/mol. The molecule has 1 aromatic carbocycles. The first-order chi connectivity index (χ1) is 10.1. The molecule has 0 spiro atoms. The second kappa shape index (κ2) is 6.87. The Kier molecular flexibility index (Phi) is 5.14. The van der Waals surface area contributed by atoms with Crippen LogP contribution in [-0.2, 0) is 0 Å². The third-order valence-electron chi connectivity index (χ3n) is 3.28. The number of hydrogen-bond acceptors (Lipinski definition) is 3. The zero-order valence-electron chi connectivity index (χ0n) is 12.4. The summed E-state index contributed by atoms with van der Waals surface area (Å²) < 4.78 is 2.63. The maximum absolute atomic E-state index is 11.6. The summed E-state index contributed by atoms with van der Waals surface area (Å²) in [5.41, 5.74) is 2.50. The number of hydrogen-bond donors (Lipinski definition) is 2. The van der Waals surface area contributed by atoms with E-state index in [2.05, 4.69) is 57.6 Å². The predicted molar refractivity (Wildman–Crippen MR) is 86.7 cm³/mol. The first-order valence-electron chi connectivity index (χ1n) is 6.87. The summed E-state index contributed by atoms with van der Waals surface area (Å²) >= 11 is 3.58. The molecule has 0 radical (unpaired) electrons. The van der Waals surface area contributed by atoms with Gasteiger partial charge in [0.05, 0.1) is 5.69 Å². The molecule has 1 aromatic heterocycles. The van der Waals surface area contributed by atoms with Crippen molar-refractivity contribution in [1.82, 2.24) is 20.4 Å². The van der Waals surface area contributed by atoms with Crippen LogP contribution in [0.2, 0.25) is 0 Å². The van der Waals surface area contributed by atoms with Gasteiger partial charge in [-0.3, -0.25) is 4.79 Å². The van der Waals surface area contributed by atoms with Gasteiger partial charge in [-0.25, -0.2) is 4.68 Å². The van der Waals surface area contributed by atoms with Crippen LogP contribution in [-0.4, -0.2) is 29.3 Å². The molecule has 5 nitrogen and oxygen atoms in total. The minimum absolute atomic E-state index is 0.192. The van der Waals surface area contributed by atoms with Crippen molar-refractivity contribution in [2.24, 2.45) is 0 Å². The number of aromatic nitrogens is 2. The Hall–Kier alpha value is -1.66. The van der Waals surface area contributed by atoms with Crippen molar-refractivity contribution in [1.29, 1.82) is 0 Å². The Morgan fingerprint density at radius 2 is 2.19 bits per heavy atom. The fraction of sp³-hybridized carbons (Fsp3) is 0.333. The van der Waals surface area contributed by atoms with Crippen LogP contribution in [0.25, 0.3) is 5.69 Å². The molecule has 1 atom stereocenters. The molecular formula is C15H19BrN4O. The summed E-state index contributed by atoms with van der Waals surface area (Å²) in [6.07, 6.45) is 1.78. The van der Waals surface area contributed by atoms with Crippen LogP contribution in [0.4, 0.5) is 0 Å². The number of nitrogens with one attached hydrogen (secondary N) is 2. The van der Waals surface area contributed by atoms with E-state index in [1.165, 1.54) is 5.56 Å². The molecule has 0 bridgehead atoms. The molecule has 0 aliphatic rings. The van der Waals surface area contributed by atoms with Gasteiger partial charge in [-0.2, -0.15) is 5.10 Å². The molecule has 0 aliphatic heterocycles. The molecule has 0 aliphatic carbocycles. The molecule has 112 valence electrons. The Bertz CT molecular complexity index is 638. The number of benzene rings is 1. The van der Waals surface area contributed by atoms with E-state index < -0.39 is 0 Å². The quantitative estimate of drug-likeness (QED) is 0.871. The minimum Gasteiger partial charge on any atom is -0.354 e. The number of halogens is 1. The monoisotopic (exact) mass is 350 g/mol. The van der Waals surface area contributed by atoms with Gasteiger partial charge >= 0.3 is 0 Å². The van der Waals surface area contributed by atoms with Crippen molar-refractivity contribution in [3.05, 3.63) is 46.2 Å². The topological polar surface area (TPSA) is 59.0 Å². The van der Waals surface area contributed by atoms with Gasteiger partial charge in [-0.15, -0.1) is 0 Å². The zero-order chi connectivity index (χ0) is 15.4. The molecule has 6 heteroatoms. The van der Waals surface area contributed by atoms with Gasteiger partial charge in [0, 0.05) is 23.8 Å². The number of amides is 1. The highest BCUT2D eigenvalue weighted by molar-refractivity contribution is 9.10. The van der Waals surface area contributed by atoms with E-state index in [0.29, 0.717) is 11.7 Å². The Balaban J connectivity index is 2.28. The number of rotatable bonds is 5. The van der Waals surface area contributed by atoms with Crippen molar-refractivity contribution in [3.8, 4) is 5.69 Å². The number of nitrogens with zero attached hydrogens (tertiary/aromatic N) is 2. The molecule has 1 unspecified atom stereocenters. The summed E-state index contributed by atoms with van der Waals surface area (Å²) in [4.78, 5) is 11.6. The first kappa shape index (κ1) is 15.7. The molecule has 0 saturated carbocycles. The molecule has 0 saturated heterocycles. The van der Waals surface area contributed by atoms with Gasteiger partial charge in [0.15, 0.2) is 5.69 Å². The molecule has 2 N–H and O–H groups in total. The van der Waals surface area contributed by atoms with E-state index in [-0.39, 0.29) is 5.91 Å². The summed E-state index contributed by atoms with van der Waals surface area (Å²) in [6, 6.07) is 8.12. The SMILES string of the molecule is CCNC(C)c1ccc(-n2ccc(C(=O)NC)n2)c(Br)c1. The highest BCUT2D eigenvalue weighted by atomic mass is 79.9. The van der Waals surface area contributed by atoms with Crippen molar-refractivity contribution >= 4 is 21.8 Å². The smallest absolute Gasteiger partial charge is 0.271 e. The largest absolute Gasteiger partial charge is 0.354 e. The van der Waals surface area contributed by atoms with E-state index in [4.69, 9.17) is 0 Å². The summed E-state index contributed by atoms with van der Waals surface area (Å²) in [5, 5.41) is 10.2. The summed E-state index contributed by atoms with van der Waals surface area (Å²) in [7, 11) is 1.59. The average molecular weight is 351 g/mol. The first-order valence-corrected chi connectivity index (χ1v) is 7.67. The number of carbonyl (C=O) groups excluding carboxylic acids is 1. The van der Waals surface area contributed by atoms with Gasteiger partial charge in [-0.1, -0.05) is 13.0 Å². The maximum atomic E-state index is 11.6. The fourth-order valence-corrected chi connectivity index (χ4v) is 2.69. The maximum Gasteiger partial charge on any atom is 0.271 e. The van der Waals surface area contributed by atoms with Crippen LogP contribution >= 0.6 is 15.9 Å². The zero-order valence-corrected chi connectivity index (χ0v) is 13.9. The van der Waals surface area contributed by atoms with Gasteiger partial charge in [0.25, 0.3) is 5.91 Å². The molecule has 0 fully saturated rings. The van der Waals surface area contributed by atoms with Crippen molar-refractivity contribution in [2.45, 2.75) is 19.9 Å². The highest BCUT2D eigenvalue weighted by Crippen LogP contribution is 2.25. The van der Waals surface area contributed by atoms with Crippen LogP contribution in [0.5, 0.6) is 0 Å². The Morgan fingerprint density at radius 3 is 2.81 bits per heavy atom. The van der Waals surface area contributed by atoms with Crippen LogP contribution in [0.15, 0.2) is 34.9 Å². The number of carbonyl (C=O) groups is 1. The molecule has 1 amide bonds.